The zero-order valence-corrected chi connectivity index (χ0v) is 18.2. The number of carboxylic acids is 1. The molecule has 31 heavy (non-hydrogen) atoms. The molecule has 0 aliphatic heterocycles. The Hall–Kier alpha value is -2.11. The minimum Gasteiger partial charge on any atom is -0.493 e. The van der Waals surface area contributed by atoms with Gasteiger partial charge in [-0.05, 0) is 93.1 Å². The van der Waals surface area contributed by atoms with E-state index in [2.05, 4.69) is 5.32 Å². The first-order valence-corrected chi connectivity index (χ1v) is 11.9. The lowest BCUT2D eigenvalue weighted by Gasteiger charge is -2.56. The van der Waals surface area contributed by atoms with E-state index in [0.29, 0.717) is 18.3 Å². The van der Waals surface area contributed by atoms with E-state index in [0.717, 1.165) is 36.2 Å². The molecule has 1 aromatic rings. The summed E-state index contributed by atoms with van der Waals surface area (Å²) in [6.07, 6.45) is 10.1. The van der Waals surface area contributed by atoms with Crippen molar-refractivity contribution in [3.05, 3.63) is 29.1 Å². The lowest BCUT2D eigenvalue weighted by molar-refractivity contribution is -0.139. The number of aliphatic carboxylic acids is 1. The quantitative estimate of drug-likeness (QED) is 0.617. The number of benzene rings is 1. The normalized spacial score (nSPS) is 32.0. The van der Waals surface area contributed by atoms with Crippen molar-refractivity contribution < 1.29 is 23.8 Å². The van der Waals surface area contributed by atoms with Crippen LogP contribution in [0, 0.1) is 29.0 Å². The van der Waals surface area contributed by atoms with Crippen molar-refractivity contribution in [1.29, 1.82) is 0 Å². The molecule has 0 heterocycles. The molecular formula is C25H32FNO4. The summed E-state index contributed by atoms with van der Waals surface area (Å²) in [5.74, 6) is 0.916. The first kappa shape index (κ1) is 20.8. The monoisotopic (exact) mass is 429 g/mol. The van der Waals surface area contributed by atoms with Crippen molar-refractivity contribution in [2.45, 2.75) is 76.7 Å². The molecule has 5 saturated carbocycles. The number of halogens is 1. The third-order valence-electron chi connectivity index (χ3n) is 8.07. The van der Waals surface area contributed by atoms with Crippen molar-refractivity contribution in [3.8, 4) is 5.75 Å². The predicted octanol–water partition coefficient (Wildman–Crippen LogP) is 4.89. The van der Waals surface area contributed by atoms with Gasteiger partial charge in [0.05, 0.1) is 12.2 Å². The molecule has 0 spiro atoms. The topological polar surface area (TPSA) is 75.6 Å². The third kappa shape index (κ3) is 4.06. The summed E-state index contributed by atoms with van der Waals surface area (Å²) in [5.41, 5.74) is 1.03. The van der Waals surface area contributed by atoms with Gasteiger partial charge >= 0.3 is 5.97 Å². The fourth-order valence-corrected chi connectivity index (χ4v) is 6.86. The molecule has 6 rings (SSSR count). The second-order valence-corrected chi connectivity index (χ2v) is 10.6. The van der Waals surface area contributed by atoms with E-state index in [-0.39, 0.29) is 17.4 Å². The van der Waals surface area contributed by atoms with Gasteiger partial charge in [-0.15, -0.1) is 0 Å². The maximum Gasteiger partial charge on any atom is 0.326 e. The van der Waals surface area contributed by atoms with Gasteiger partial charge in [-0.1, -0.05) is 6.92 Å². The van der Waals surface area contributed by atoms with Gasteiger partial charge in [-0.3, -0.25) is 4.79 Å². The molecular weight excluding hydrogens is 397 g/mol. The molecule has 0 saturated heterocycles. The summed E-state index contributed by atoms with van der Waals surface area (Å²) in [4.78, 5) is 23.8. The van der Waals surface area contributed by atoms with Crippen molar-refractivity contribution >= 4 is 11.9 Å². The predicted molar refractivity (Wildman–Crippen MR) is 114 cm³/mol. The van der Waals surface area contributed by atoms with E-state index in [1.165, 1.54) is 44.6 Å². The summed E-state index contributed by atoms with van der Waals surface area (Å²) in [6.45, 7) is 2.31. The van der Waals surface area contributed by atoms with Crippen molar-refractivity contribution in [2.75, 3.05) is 6.61 Å². The van der Waals surface area contributed by atoms with Gasteiger partial charge in [0, 0.05) is 11.5 Å². The smallest absolute Gasteiger partial charge is 0.326 e. The largest absolute Gasteiger partial charge is 0.493 e. The lowest BCUT2D eigenvalue weighted by Crippen LogP contribution is -2.48. The molecule has 5 fully saturated rings. The van der Waals surface area contributed by atoms with E-state index in [9.17, 15) is 19.1 Å². The summed E-state index contributed by atoms with van der Waals surface area (Å²) in [6, 6.07) is 1.92. The number of carbonyl (C=O) groups is 2. The fraction of sp³-hybridized carbons (Fsp3) is 0.680. The zero-order valence-electron chi connectivity index (χ0n) is 18.2. The number of rotatable bonds is 8. The van der Waals surface area contributed by atoms with Crippen molar-refractivity contribution in [3.63, 3.8) is 0 Å². The average Bonchev–Trinajstić information content (AvgIpc) is 3.54. The van der Waals surface area contributed by atoms with Crippen molar-refractivity contribution in [2.24, 2.45) is 23.2 Å². The summed E-state index contributed by atoms with van der Waals surface area (Å²) in [5, 5.41) is 11.6. The molecule has 0 unspecified atom stereocenters. The first-order valence-electron chi connectivity index (χ1n) is 11.9. The Labute approximate surface area is 182 Å². The number of amides is 1. The van der Waals surface area contributed by atoms with Gasteiger partial charge in [0.25, 0.3) is 5.91 Å². The van der Waals surface area contributed by atoms with E-state index >= 15 is 0 Å². The molecule has 1 atom stereocenters. The van der Waals surface area contributed by atoms with Crippen LogP contribution in [-0.2, 0) is 4.79 Å². The molecule has 0 radical (unpaired) electrons. The molecule has 5 aliphatic rings. The number of hydrogen-bond donors (Lipinski definition) is 2. The molecule has 1 aromatic carbocycles. The molecule has 2 N–H and O–H groups in total. The van der Waals surface area contributed by atoms with Crippen LogP contribution in [0.15, 0.2) is 12.1 Å². The minimum atomic E-state index is -1.12. The number of ether oxygens (including phenoxy) is 1. The highest BCUT2D eigenvalue weighted by Crippen LogP contribution is 2.60. The van der Waals surface area contributed by atoms with Crippen molar-refractivity contribution in [1.82, 2.24) is 5.32 Å². The molecule has 0 aromatic heterocycles. The molecule has 5 aliphatic carbocycles. The minimum absolute atomic E-state index is 0.0937. The lowest BCUT2D eigenvalue weighted by atomic mass is 9.50. The van der Waals surface area contributed by atoms with Gasteiger partial charge in [-0.25, -0.2) is 9.18 Å². The van der Waals surface area contributed by atoms with Gasteiger partial charge in [-0.2, -0.15) is 0 Å². The van der Waals surface area contributed by atoms with Crippen LogP contribution in [0.25, 0.3) is 0 Å². The Morgan fingerprint density at radius 3 is 2.29 bits per heavy atom. The fourth-order valence-electron chi connectivity index (χ4n) is 6.86. The average molecular weight is 430 g/mol. The molecule has 6 heteroatoms. The van der Waals surface area contributed by atoms with Gasteiger partial charge in [0.2, 0.25) is 0 Å². The number of nitrogens with one attached hydrogen (secondary N) is 1. The van der Waals surface area contributed by atoms with Crippen LogP contribution >= 0.6 is 0 Å². The Morgan fingerprint density at radius 2 is 1.77 bits per heavy atom. The molecule has 1 amide bonds. The Kier molecular flexibility index (Phi) is 5.22. The van der Waals surface area contributed by atoms with Crippen LogP contribution in [0.1, 0.15) is 86.6 Å². The van der Waals surface area contributed by atoms with Crippen LogP contribution in [0.4, 0.5) is 4.39 Å². The van der Waals surface area contributed by atoms with Crippen LogP contribution in [0.2, 0.25) is 0 Å². The molecule has 5 nitrogen and oxygen atoms in total. The third-order valence-corrected chi connectivity index (χ3v) is 8.07. The summed E-state index contributed by atoms with van der Waals surface area (Å²) >= 11 is 0. The van der Waals surface area contributed by atoms with Crippen LogP contribution < -0.4 is 10.1 Å². The van der Waals surface area contributed by atoms with E-state index in [1.807, 2.05) is 0 Å². The Balaban J connectivity index is 1.34. The number of carbonyl (C=O) groups excluding carboxylic acids is 1. The Bertz CT molecular complexity index is 858. The van der Waals surface area contributed by atoms with Gasteiger partial charge < -0.3 is 15.2 Å². The highest BCUT2D eigenvalue weighted by atomic mass is 19.1. The SMILES string of the molecule is CC[C@H](NC(=O)c1cc(C2CC2)c(OCC23CC4CC(CC(C4)C2)C3)cc1F)C(=O)O. The van der Waals surface area contributed by atoms with Crippen LogP contribution in [0.3, 0.4) is 0 Å². The number of carboxylic acid groups (broad SMARTS) is 1. The molecule has 4 bridgehead atoms. The summed E-state index contributed by atoms with van der Waals surface area (Å²) < 4.78 is 21.2. The highest BCUT2D eigenvalue weighted by molar-refractivity contribution is 5.97. The maximum absolute atomic E-state index is 14.9. The highest BCUT2D eigenvalue weighted by Gasteiger charge is 2.51. The van der Waals surface area contributed by atoms with Crippen LogP contribution in [0.5, 0.6) is 5.75 Å². The van der Waals surface area contributed by atoms with Gasteiger partial charge in [0.1, 0.15) is 17.6 Å². The second kappa shape index (κ2) is 7.79. The maximum atomic E-state index is 14.9. The summed E-state index contributed by atoms with van der Waals surface area (Å²) in [7, 11) is 0. The van der Waals surface area contributed by atoms with Gasteiger partial charge in [0.15, 0.2) is 0 Å². The van der Waals surface area contributed by atoms with E-state index in [1.54, 1.807) is 13.0 Å². The van der Waals surface area contributed by atoms with E-state index in [4.69, 9.17) is 4.74 Å². The Morgan fingerprint density at radius 1 is 1.16 bits per heavy atom. The first-order chi connectivity index (χ1) is 14.9. The number of hydrogen-bond acceptors (Lipinski definition) is 3. The second-order valence-electron chi connectivity index (χ2n) is 10.6. The van der Waals surface area contributed by atoms with E-state index < -0.39 is 23.7 Å². The standard InChI is InChI=1S/C25H32FNO4/c1-2-21(24(29)30)27-23(28)19-8-18(17-3-4-17)22(9-20(19)26)31-13-25-10-14-5-15(11-25)7-16(6-14)12-25/h8-9,14-17,21H,2-7,10-13H2,1H3,(H,27,28)(H,29,30)/t14?,15?,16?,21-,25?/m0/s1. The zero-order chi connectivity index (χ0) is 21.8. The molecule has 168 valence electrons. The van der Waals surface area contributed by atoms with Crippen LogP contribution in [-0.4, -0.2) is 29.6 Å².